The highest BCUT2D eigenvalue weighted by molar-refractivity contribution is 6.28. The number of rotatable bonds is 4. The van der Waals surface area contributed by atoms with Crippen LogP contribution in [-0.2, 0) is 0 Å². The number of nitrogens with one attached hydrogen (secondary N) is 1. The average molecular weight is 293 g/mol. The number of anilines is 2. The number of aromatic nitrogens is 2. The molecule has 1 amide bonds. The molecule has 0 aliphatic carbocycles. The number of carbonyl (C=O) groups excluding carboxylic acids is 1. The Morgan fingerprint density at radius 2 is 2.25 bits per heavy atom. The maximum atomic E-state index is 12.2. The second kappa shape index (κ2) is 6.21. The van der Waals surface area contributed by atoms with Gasteiger partial charge in [0, 0.05) is 6.20 Å². The third kappa shape index (κ3) is 3.16. The Balaban J connectivity index is 2.27. The van der Waals surface area contributed by atoms with Crippen LogP contribution in [-0.4, -0.2) is 22.5 Å². The zero-order valence-electron chi connectivity index (χ0n) is 10.8. The summed E-state index contributed by atoms with van der Waals surface area (Å²) in [4.78, 5) is 19.8. The summed E-state index contributed by atoms with van der Waals surface area (Å²) >= 11 is 5.66. The number of nitrogen functional groups attached to an aromatic ring is 1. The minimum atomic E-state index is -0.379. The van der Waals surface area contributed by atoms with E-state index in [0.29, 0.717) is 29.4 Å². The van der Waals surface area contributed by atoms with Gasteiger partial charge in [-0.25, -0.2) is 9.97 Å². The molecule has 0 atom stereocenters. The van der Waals surface area contributed by atoms with Crippen LogP contribution in [0.3, 0.4) is 0 Å². The summed E-state index contributed by atoms with van der Waals surface area (Å²) < 4.78 is 5.41. The molecule has 2 aromatic rings. The Bertz CT molecular complexity index is 634. The van der Waals surface area contributed by atoms with Gasteiger partial charge in [0.05, 0.1) is 17.9 Å². The summed E-state index contributed by atoms with van der Waals surface area (Å²) in [6, 6.07) is 6.51. The molecule has 1 heterocycles. The van der Waals surface area contributed by atoms with Crippen molar-refractivity contribution in [2.75, 3.05) is 17.7 Å². The van der Waals surface area contributed by atoms with E-state index in [0.717, 1.165) is 0 Å². The van der Waals surface area contributed by atoms with Crippen molar-refractivity contribution in [3.8, 4) is 5.75 Å². The number of hydrogen-bond donors (Lipinski definition) is 2. The molecule has 0 bridgehead atoms. The van der Waals surface area contributed by atoms with Crippen molar-refractivity contribution in [2.45, 2.75) is 6.92 Å². The smallest absolute Gasteiger partial charge is 0.260 e. The van der Waals surface area contributed by atoms with Gasteiger partial charge in [0.15, 0.2) is 5.75 Å². The van der Waals surface area contributed by atoms with Gasteiger partial charge in [0.2, 0.25) is 5.28 Å². The number of para-hydroxylation sites is 1. The summed E-state index contributed by atoms with van der Waals surface area (Å²) in [5.41, 5.74) is 6.55. The fraction of sp³-hybridized carbons (Fsp3) is 0.154. The Morgan fingerprint density at radius 3 is 2.95 bits per heavy atom. The van der Waals surface area contributed by atoms with E-state index in [1.165, 1.54) is 12.3 Å². The Morgan fingerprint density at radius 1 is 1.45 bits per heavy atom. The highest BCUT2D eigenvalue weighted by Gasteiger charge is 2.15. The molecule has 0 fully saturated rings. The van der Waals surface area contributed by atoms with Gasteiger partial charge in [-0.2, -0.15) is 0 Å². The van der Waals surface area contributed by atoms with E-state index in [4.69, 9.17) is 22.1 Å². The summed E-state index contributed by atoms with van der Waals surface area (Å²) in [5, 5.41) is 2.67. The van der Waals surface area contributed by atoms with Crippen molar-refractivity contribution in [1.82, 2.24) is 9.97 Å². The van der Waals surface area contributed by atoms with Crippen molar-refractivity contribution < 1.29 is 9.53 Å². The first-order valence-electron chi connectivity index (χ1n) is 5.93. The fourth-order valence-electron chi connectivity index (χ4n) is 1.63. The van der Waals surface area contributed by atoms with Gasteiger partial charge in [0.25, 0.3) is 5.91 Å². The molecule has 2 rings (SSSR count). The molecule has 20 heavy (non-hydrogen) atoms. The predicted octanol–water partition coefficient (Wildman–Crippen LogP) is 2.36. The van der Waals surface area contributed by atoms with Crippen LogP contribution in [0.1, 0.15) is 17.3 Å². The quantitative estimate of drug-likeness (QED) is 0.667. The second-order valence-electron chi connectivity index (χ2n) is 3.82. The standard InChI is InChI=1S/C13H13ClN4O2/c1-2-20-11-8(4-3-5-9(11)15)12(19)17-10-6-7-16-13(14)18-10/h3-7H,2,15H2,1H3,(H,16,17,18,19). The van der Waals surface area contributed by atoms with Crippen molar-refractivity contribution in [3.05, 3.63) is 41.3 Å². The molecule has 0 spiro atoms. The molecule has 1 aromatic heterocycles. The maximum absolute atomic E-state index is 12.2. The number of carbonyl (C=O) groups is 1. The predicted molar refractivity (Wildman–Crippen MR) is 77.0 cm³/mol. The van der Waals surface area contributed by atoms with Crippen LogP contribution in [0.2, 0.25) is 5.28 Å². The highest BCUT2D eigenvalue weighted by Crippen LogP contribution is 2.27. The van der Waals surface area contributed by atoms with Crippen LogP contribution in [0.5, 0.6) is 5.75 Å². The molecule has 3 N–H and O–H groups in total. The lowest BCUT2D eigenvalue weighted by Gasteiger charge is -2.12. The number of nitrogens with two attached hydrogens (primary N) is 1. The Kier molecular flexibility index (Phi) is 4.37. The molecular formula is C13H13ClN4O2. The van der Waals surface area contributed by atoms with Crippen LogP contribution in [0, 0.1) is 0 Å². The summed E-state index contributed by atoms with van der Waals surface area (Å²) in [7, 11) is 0. The van der Waals surface area contributed by atoms with Crippen LogP contribution in [0.25, 0.3) is 0 Å². The first kappa shape index (κ1) is 14.1. The average Bonchev–Trinajstić information content (AvgIpc) is 2.41. The zero-order valence-corrected chi connectivity index (χ0v) is 11.5. The third-order valence-electron chi connectivity index (χ3n) is 2.45. The summed E-state index contributed by atoms with van der Waals surface area (Å²) in [6.07, 6.45) is 1.45. The normalized spacial score (nSPS) is 10.1. The molecule has 0 radical (unpaired) electrons. The minimum Gasteiger partial charge on any atom is -0.491 e. The van der Waals surface area contributed by atoms with E-state index in [-0.39, 0.29) is 11.2 Å². The lowest BCUT2D eigenvalue weighted by molar-refractivity contribution is 0.102. The Labute approximate surface area is 120 Å². The largest absolute Gasteiger partial charge is 0.491 e. The van der Waals surface area contributed by atoms with Gasteiger partial charge < -0.3 is 15.8 Å². The Hall–Kier alpha value is -2.34. The molecule has 104 valence electrons. The van der Waals surface area contributed by atoms with Crippen molar-refractivity contribution in [1.29, 1.82) is 0 Å². The van der Waals surface area contributed by atoms with Gasteiger partial charge >= 0.3 is 0 Å². The van der Waals surface area contributed by atoms with Crippen LogP contribution >= 0.6 is 11.6 Å². The first-order chi connectivity index (χ1) is 9.61. The third-order valence-corrected chi connectivity index (χ3v) is 2.63. The molecule has 1 aromatic carbocycles. The fourth-order valence-corrected chi connectivity index (χ4v) is 1.77. The topological polar surface area (TPSA) is 90.1 Å². The molecule has 0 aliphatic rings. The van der Waals surface area contributed by atoms with Gasteiger partial charge in [-0.3, -0.25) is 4.79 Å². The van der Waals surface area contributed by atoms with Gasteiger partial charge in [-0.15, -0.1) is 0 Å². The van der Waals surface area contributed by atoms with Crippen LogP contribution < -0.4 is 15.8 Å². The van der Waals surface area contributed by atoms with Gasteiger partial charge in [0.1, 0.15) is 5.82 Å². The van der Waals surface area contributed by atoms with Crippen LogP contribution in [0.15, 0.2) is 30.5 Å². The number of ether oxygens (including phenoxy) is 1. The number of nitrogens with zero attached hydrogens (tertiary/aromatic N) is 2. The molecule has 0 saturated heterocycles. The highest BCUT2D eigenvalue weighted by atomic mass is 35.5. The van der Waals surface area contributed by atoms with Gasteiger partial charge in [-0.1, -0.05) is 6.07 Å². The maximum Gasteiger partial charge on any atom is 0.260 e. The summed E-state index contributed by atoms with van der Waals surface area (Å²) in [5.74, 6) is 0.281. The lowest BCUT2D eigenvalue weighted by atomic mass is 10.1. The molecule has 7 heteroatoms. The number of amides is 1. The van der Waals surface area contributed by atoms with Crippen molar-refractivity contribution in [2.24, 2.45) is 0 Å². The van der Waals surface area contributed by atoms with E-state index in [9.17, 15) is 4.79 Å². The lowest BCUT2D eigenvalue weighted by Crippen LogP contribution is -2.15. The minimum absolute atomic E-state index is 0.0559. The van der Waals surface area contributed by atoms with E-state index in [1.807, 2.05) is 6.92 Å². The van der Waals surface area contributed by atoms with Crippen molar-refractivity contribution in [3.63, 3.8) is 0 Å². The van der Waals surface area contributed by atoms with Crippen LogP contribution in [0.4, 0.5) is 11.5 Å². The molecule has 0 unspecified atom stereocenters. The zero-order chi connectivity index (χ0) is 14.5. The number of benzene rings is 1. The molecular weight excluding hydrogens is 280 g/mol. The molecule has 0 aliphatic heterocycles. The number of hydrogen-bond acceptors (Lipinski definition) is 5. The van der Waals surface area contributed by atoms with E-state index in [1.54, 1.807) is 18.2 Å². The number of halogens is 1. The molecule has 0 saturated carbocycles. The molecule has 6 nitrogen and oxygen atoms in total. The van der Waals surface area contributed by atoms with Gasteiger partial charge in [-0.05, 0) is 36.7 Å². The second-order valence-corrected chi connectivity index (χ2v) is 4.16. The first-order valence-corrected chi connectivity index (χ1v) is 6.30. The monoisotopic (exact) mass is 292 g/mol. The van der Waals surface area contributed by atoms with E-state index in [2.05, 4.69) is 15.3 Å². The summed E-state index contributed by atoms with van der Waals surface area (Å²) in [6.45, 7) is 2.23. The van der Waals surface area contributed by atoms with E-state index >= 15 is 0 Å². The SMILES string of the molecule is CCOc1c(N)cccc1C(=O)Nc1ccnc(Cl)n1. The van der Waals surface area contributed by atoms with E-state index < -0.39 is 0 Å². The van der Waals surface area contributed by atoms with Crippen molar-refractivity contribution >= 4 is 29.0 Å².